The molecule has 0 unspecified atom stereocenters. The smallest absolute Gasteiger partial charge is 0.0723 e. The molecule has 0 aromatic rings. The highest BCUT2D eigenvalue weighted by Gasteiger charge is 2.08. The fourth-order valence-electron chi connectivity index (χ4n) is 1.51. The number of allylic oxidation sites excluding steroid dienone is 1. The van der Waals surface area contributed by atoms with Crippen LogP contribution in [0.15, 0.2) is 11.6 Å². The van der Waals surface area contributed by atoms with Gasteiger partial charge < -0.3 is 5.11 Å². The molecule has 0 saturated carbocycles. The normalized spacial score (nSPS) is 26.2. The van der Waals surface area contributed by atoms with Gasteiger partial charge in [0, 0.05) is 0 Å². The first-order valence-corrected chi connectivity index (χ1v) is 4.20. The van der Waals surface area contributed by atoms with E-state index in [1.807, 2.05) is 6.08 Å². The van der Waals surface area contributed by atoms with E-state index in [0.29, 0.717) is 0 Å². The van der Waals surface area contributed by atoms with Crippen LogP contribution in [-0.2, 0) is 0 Å². The molecule has 0 saturated heterocycles. The number of hydrogen-bond acceptors (Lipinski definition) is 1. The molecule has 1 aliphatic carbocycles. The average Bonchev–Trinajstić information content (AvgIpc) is 1.88. The van der Waals surface area contributed by atoms with E-state index in [0.717, 1.165) is 6.42 Å². The van der Waals surface area contributed by atoms with E-state index in [1.54, 1.807) is 0 Å². The van der Waals surface area contributed by atoms with Crippen LogP contribution < -0.4 is 0 Å². The zero-order chi connectivity index (χ0) is 7.40. The highest BCUT2D eigenvalue weighted by Crippen LogP contribution is 2.21. The zero-order valence-electron chi connectivity index (χ0n) is 6.64. The molecule has 0 radical (unpaired) electrons. The highest BCUT2D eigenvalue weighted by atomic mass is 16.3. The molecule has 0 aromatic heterocycles. The second-order valence-corrected chi connectivity index (χ2v) is 3.03. The Labute approximate surface area is 62.8 Å². The number of aliphatic hydroxyl groups is 1. The summed E-state index contributed by atoms with van der Waals surface area (Å²) in [6.07, 6.45) is 7.63. The average molecular weight is 140 g/mol. The lowest BCUT2D eigenvalue weighted by Crippen LogP contribution is -2.08. The summed E-state index contributed by atoms with van der Waals surface area (Å²) in [6.45, 7) is 2.18. The van der Waals surface area contributed by atoms with Gasteiger partial charge >= 0.3 is 0 Å². The second kappa shape index (κ2) is 3.77. The zero-order valence-corrected chi connectivity index (χ0v) is 6.64. The molecule has 1 atom stereocenters. The monoisotopic (exact) mass is 140 g/mol. The third kappa shape index (κ3) is 2.14. The second-order valence-electron chi connectivity index (χ2n) is 3.03. The molecule has 0 amide bonds. The van der Waals surface area contributed by atoms with E-state index >= 15 is 0 Å². The van der Waals surface area contributed by atoms with Crippen molar-refractivity contribution >= 4 is 0 Å². The molecule has 0 fully saturated rings. The predicted octanol–water partition coefficient (Wildman–Crippen LogP) is 2.26. The van der Waals surface area contributed by atoms with Crippen molar-refractivity contribution in [3.63, 3.8) is 0 Å². The molecule has 1 nitrogen and oxygen atoms in total. The lowest BCUT2D eigenvalue weighted by molar-refractivity contribution is 0.201. The van der Waals surface area contributed by atoms with Crippen molar-refractivity contribution in [1.29, 1.82) is 0 Å². The first-order chi connectivity index (χ1) is 4.83. The van der Waals surface area contributed by atoms with Gasteiger partial charge in [-0.3, -0.25) is 0 Å². The van der Waals surface area contributed by atoms with E-state index in [9.17, 15) is 5.11 Å². The van der Waals surface area contributed by atoms with Crippen LogP contribution in [-0.4, -0.2) is 11.2 Å². The molecule has 1 heteroatoms. The Morgan fingerprint density at radius 3 is 3.10 bits per heavy atom. The van der Waals surface area contributed by atoms with Gasteiger partial charge in [-0.2, -0.15) is 0 Å². The van der Waals surface area contributed by atoms with E-state index in [-0.39, 0.29) is 6.10 Å². The Hall–Kier alpha value is -0.300. The Kier molecular flexibility index (Phi) is 2.94. The third-order valence-electron chi connectivity index (χ3n) is 2.00. The molecular formula is C9H16O. The van der Waals surface area contributed by atoms with Gasteiger partial charge in [-0.25, -0.2) is 0 Å². The van der Waals surface area contributed by atoms with Crippen molar-refractivity contribution in [3.05, 3.63) is 11.6 Å². The molecular weight excluding hydrogens is 124 g/mol. The van der Waals surface area contributed by atoms with Crippen molar-refractivity contribution in [3.8, 4) is 0 Å². The Bertz CT molecular complexity index is 127. The molecule has 1 N–H and O–H groups in total. The van der Waals surface area contributed by atoms with Crippen LogP contribution in [0, 0.1) is 0 Å². The van der Waals surface area contributed by atoms with Gasteiger partial charge in [-0.15, -0.1) is 0 Å². The minimum absolute atomic E-state index is 0.143. The van der Waals surface area contributed by atoms with Crippen LogP contribution in [0.2, 0.25) is 0 Å². The lowest BCUT2D eigenvalue weighted by atomic mass is 9.95. The number of aliphatic hydroxyl groups excluding tert-OH is 1. The summed E-state index contributed by atoms with van der Waals surface area (Å²) in [7, 11) is 0. The van der Waals surface area contributed by atoms with Gasteiger partial charge in [0.05, 0.1) is 6.10 Å². The van der Waals surface area contributed by atoms with Gasteiger partial charge in [0.15, 0.2) is 0 Å². The number of hydrogen-bond donors (Lipinski definition) is 1. The fraction of sp³-hybridized carbons (Fsp3) is 0.778. The molecule has 0 aliphatic heterocycles. The van der Waals surface area contributed by atoms with Gasteiger partial charge in [0.1, 0.15) is 0 Å². The molecule has 58 valence electrons. The van der Waals surface area contributed by atoms with Crippen molar-refractivity contribution in [2.24, 2.45) is 0 Å². The molecule has 1 aliphatic rings. The summed E-state index contributed by atoms with van der Waals surface area (Å²) < 4.78 is 0. The van der Waals surface area contributed by atoms with Crippen LogP contribution in [0.3, 0.4) is 0 Å². The predicted molar refractivity (Wildman–Crippen MR) is 42.8 cm³/mol. The van der Waals surface area contributed by atoms with E-state index in [2.05, 4.69) is 6.92 Å². The summed E-state index contributed by atoms with van der Waals surface area (Å²) in [5.41, 5.74) is 1.46. The number of rotatable bonds is 2. The largest absolute Gasteiger partial charge is 0.389 e. The highest BCUT2D eigenvalue weighted by molar-refractivity contribution is 5.08. The van der Waals surface area contributed by atoms with Crippen molar-refractivity contribution in [1.82, 2.24) is 0 Å². The van der Waals surface area contributed by atoms with Crippen LogP contribution in [0.4, 0.5) is 0 Å². The van der Waals surface area contributed by atoms with Crippen LogP contribution in [0.25, 0.3) is 0 Å². The topological polar surface area (TPSA) is 20.2 Å². The first-order valence-electron chi connectivity index (χ1n) is 4.20. The molecule has 0 heterocycles. The summed E-state index contributed by atoms with van der Waals surface area (Å²) in [5.74, 6) is 0. The quantitative estimate of drug-likeness (QED) is 0.583. The van der Waals surface area contributed by atoms with E-state index in [4.69, 9.17) is 0 Å². The molecule has 0 aromatic carbocycles. The van der Waals surface area contributed by atoms with E-state index < -0.39 is 0 Å². The minimum Gasteiger partial charge on any atom is -0.389 e. The SMILES string of the molecule is CCCC1=C[C@@H](O)CCC1. The van der Waals surface area contributed by atoms with Gasteiger partial charge in [-0.1, -0.05) is 25.0 Å². The van der Waals surface area contributed by atoms with E-state index in [1.165, 1.54) is 31.3 Å². The maximum absolute atomic E-state index is 9.23. The van der Waals surface area contributed by atoms with Gasteiger partial charge in [0.2, 0.25) is 0 Å². The van der Waals surface area contributed by atoms with Gasteiger partial charge in [-0.05, 0) is 25.7 Å². The maximum Gasteiger partial charge on any atom is 0.0723 e. The maximum atomic E-state index is 9.23. The third-order valence-corrected chi connectivity index (χ3v) is 2.00. The van der Waals surface area contributed by atoms with Gasteiger partial charge in [0.25, 0.3) is 0 Å². The summed E-state index contributed by atoms with van der Waals surface area (Å²) in [4.78, 5) is 0. The Morgan fingerprint density at radius 2 is 2.50 bits per heavy atom. The first kappa shape index (κ1) is 7.80. The summed E-state index contributed by atoms with van der Waals surface area (Å²) in [5, 5.41) is 9.23. The van der Waals surface area contributed by atoms with Crippen LogP contribution in [0.1, 0.15) is 39.0 Å². The molecule has 1 rings (SSSR count). The minimum atomic E-state index is -0.143. The molecule has 10 heavy (non-hydrogen) atoms. The van der Waals surface area contributed by atoms with Crippen molar-refractivity contribution in [2.45, 2.75) is 45.1 Å². The molecule has 0 spiro atoms. The fourth-order valence-corrected chi connectivity index (χ4v) is 1.51. The molecule has 0 bridgehead atoms. The van der Waals surface area contributed by atoms with Crippen LogP contribution >= 0.6 is 0 Å². The standard InChI is InChI=1S/C9H16O/c1-2-4-8-5-3-6-9(10)7-8/h7,9-10H,2-6H2,1H3/t9-/m0/s1. The summed E-state index contributed by atoms with van der Waals surface area (Å²) in [6, 6.07) is 0. The summed E-state index contributed by atoms with van der Waals surface area (Å²) >= 11 is 0. The van der Waals surface area contributed by atoms with Crippen molar-refractivity contribution in [2.75, 3.05) is 0 Å². The van der Waals surface area contributed by atoms with Crippen LogP contribution in [0.5, 0.6) is 0 Å². The Morgan fingerprint density at radius 1 is 1.70 bits per heavy atom. The Balaban J connectivity index is 2.41. The lowest BCUT2D eigenvalue weighted by Gasteiger charge is -2.15. The van der Waals surface area contributed by atoms with Crippen molar-refractivity contribution < 1.29 is 5.11 Å².